The van der Waals surface area contributed by atoms with E-state index in [1.54, 1.807) is 19.2 Å². The number of hydrogen-bond donors (Lipinski definition) is 2. The van der Waals surface area contributed by atoms with Crippen molar-refractivity contribution in [2.24, 2.45) is 16.3 Å². The lowest BCUT2D eigenvalue weighted by Crippen LogP contribution is -2.72. The van der Waals surface area contributed by atoms with Gasteiger partial charge < -0.3 is 15.4 Å². The molecule has 1 spiro atoms. The molecule has 5 heteroatoms. The van der Waals surface area contributed by atoms with Crippen LogP contribution in [0.4, 0.5) is 4.39 Å². The molecule has 1 saturated heterocycles. The number of halogens is 1. The Labute approximate surface area is 136 Å². The summed E-state index contributed by atoms with van der Waals surface area (Å²) >= 11 is 0. The number of benzene rings is 1. The smallest absolute Gasteiger partial charge is 0.191 e. The van der Waals surface area contributed by atoms with Crippen molar-refractivity contribution in [3.8, 4) is 0 Å². The highest BCUT2D eigenvalue weighted by Gasteiger charge is 2.66. The number of nitrogens with one attached hydrogen (secondary N) is 2. The predicted octanol–water partition coefficient (Wildman–Crippen LogP) is 2.45. The lowest BCUT2D eigenvalue weighted by Gasteiger charge is -2.63. The number of hydrogen-bond acceptors (Lipinski definition) is 2. The van der Waals surface area contributed by atoms with Gasteiger partial charge in [-0.2, -0.15) is 0 Å². The van der Waals surface area contributed by atoms with Crippen LogP contribution >= 0.6 is 0 Å². The van der Waals surface area contributed by atoms with E-state index in [2.05, 4.69) is 15.6 Å². The molecule has 2 saturated carbocycles. The Kier molecular flexibility index (Phi) is 3.76. The Morgan fingerprint density at radius 2 is 2.13 bits per heavy atom. The van der Waals surface area contributed by atoms with Crippen molar-refractivity contribution in [3.63, 3.8) is 0 Å². The highest BCUT2D eigenvalue weighted by atomic mass is 19.1. The lowest BCUT2D eigenvalue weighted by atomic mass is 9.46. The Morgan fingerprint density at radius 1 is 1.35 bits per heavy atom. The van der Waals surface area contributed by atoms with Crippen molar-refractivity contribution in [3.05, 3.63) is 35.6 Å². The minimum Gasteiger partial charge on any atom is -0.377 e. The Balaban J connectivity index is 1.38. The van der Waals surface area contributed by atoms with Crippen LogP contribution in [0.1, 0.15) is 31.2 Å². The fourth-order valence-corrected chi connectivity index (χ4v) is 4.59. The number of guanidine groups is 1. The van der Waals surface area contributed by atoms with Gasteiger partial charge in [0.05, 0.1) is 6.10 Å². The first-order valence-electron chi connectivity index (χ1n) is 8.56. The highest BCUT2D eigenvalue weighted by molar-refractivity contribution is 5.80. The molecule has 3 fully saturated rings. The molecule has 4 nitrogen and oxygen atoms in total. The van der Waals surface area contributed by atoms with Gasteiger partial charge in [0, 0.05) is 37.6 Å². The van der Waals surface area contributed by atoms with Gasteiger partial charge in [0.2, 0.25) is 0 Å². The molecule has 3 aliphatic rings. The minimum atomic E-state index is -0.204. The molecule has 0 radical (unpaired) electrons. The van der Waals surface area contributed by atoms with Crippen LogP contribution in [-0.2, 0) is 11.3 Å². The van der Waals surface area contributed by atoms with Crippen LogP contribution in [0.5, 0.6) is 0 Å². The summed E-state index contributed by atoms with van der Waals surface area (Å²) in [6, 6.07) is 7.05. The van der Waals surface area contributed by atoms with E-state index >= 15 is 0 Å². The molecular weight excluding hydrogens is 293 g/mol. The van der Waals surface area contributed by atoms with Crippen LogP contribution in [0.25, 0.3) is 0 Å². The lowest BCUT2D eigenvalue weighted by molar-refractivity contribution is -0.171. The normalized spacial score (nSPS) is 31.2. The SMILES string of the molecule is CN=C(NCc1ccc(F)cc1)NC1C2CCOC2C12CCC2. The van der Waals surface area contributed by atoms with Gasteiger partial charge >= 0.3 is 0 Å². The van der Waals surface area contributed by atoms with Gasteiger partial charge in [0.15, 0.2) is 5.96 Å². The quantitative estimate of drug-likeness (QED) is 0.665. The summed E-state index contributed by atoms with van der Waals surface area (Å²) in [5.74, 6) is 1.25. The monoisotopic (exact) mass is 317 g/mol. The van der Waals surface area contributed by atoms with Crippen molar-refractivity contribution in [2.45, 2.75) is 44.4 Å². The zero-order valence-electron chi connectivity index (χ0n) is 13.5. The van der Waals surface area contributed by atoms with E-state index in [-0.39, 0.29) is 5.82 Å². The van der Waals surface area contributed by atoms with Crippen molar-refractivity contribution in [2.75, 3.05) is 13.7 Å². The first-order chi connectivity index (χ1) is 11.2. The molecular formula is C18H24FN3O. The van der Waals surface area contributed by atoms with Gasteiger partial charge in [-0.25, -0.2) is 4.39 Å². The largest absolute Gasteiger partial charge is 0.377 e. The average molecular weight is 317 g/mol. The number of ether oxygens (including phenoxy) is 1. The Hall–Kier alpha value is -1.62. The summed E-state index contributed by atoms with van der Waals surface area (Å²) in [6.45, 7) is 1.54. The number of fused-ring (bicyclic) bond motifs is 2. The second kappa shape index (κ2) is 5.78. The molecule has 0 bridgehead atoms. The summed E-state index contributed by atoms with van der Waals surface area (Å²) in [4.78, 5) is 4.36. The fraction of sp³-hybridized carbons (Fsp3) is 0.611. The minimum absolute atomic E-state index is 0.204. The Morgan fingerprint density at radius 3 is 2.78 bits per heavy atom. The van der Waals surface area contributed by atoms with Crippen LogP contribution < -0.4 is 10.6 Å². The second-order valence-corrected chi connectivity index (χ2v) is 7.00. The van der Waals surface area contributed by atoms with Gasteiger partial charge in [-0.05, 0) is 37.0 Å². The third-order valence-electron chi connectivity index (χ3n) is 5.93. The maximum absolute atomic E-state index is 13.0. The van der Waals surface area contributed by atoms with E-state index in [0.29, 0.717) is 30.0 Å². The van der Waals surface area contributed by atoms with Crippen molar-refractivity contribution >= 4 is 5.96 Å². The third kappa shape index (κ3) is 2.42. The molecule has 1 aliphatic heterocycles. The fourth-order valence-electron chi connectivity index (χ4n) is 4.59. The van der Waals surface area contributed by atoms with E-state index in [9.17, 15) is 4.39 Å². The number of rotatable bonds is 3. The number of aliphatic imine (C=N–C) groups is 1. The molecule has 4 rings (SSSR count). The molecule has 3 unspecified atom stereocenters. The molecule has 0 aromatic heterocycles. The first-order valence-corrected chi connectivity index (χ1v) is 8.56. The maximum Gasteiger partial charge on any atom is 0.191 e. The maximum atomic E-state index is 13.0. The third-order valence-corrected chi connectivity index (χ3v) is 5.93. The van der Waals surface area contributed by atoms with E-state index in [1.165, 1.54) is 31.4 Å². The van der Waals surface area contributed by atoms with Crippen LogP contribution in [-0.4, -0.2) is 31.8 Å². The summed E-state index contributed by atoms with van der Waals surface area (Å²) in [5, 5.41) is 6.98. The zero-order chi connectivity index (χ0) is 15.9. The molecule has 0 amide bonds. The summed E-state index contributed by atoms with van der Waals surface area (Å²) in [5.41, 5.74) is 1.39. The van der Waals surface area contributed by atoms with Gasteiger partial charge in [0.25, 0.3) is 0 Å². The van der Waals surface area contributed by atoms with Crippen molar-refractivity contribution < 1.29 is 9.13 Å². The van der Waals surface area contributed by atoms with Crippen molar-refractivity contribution in [1.82, 2.24) is 10.6 Å². The van der Waals surface area contributed by atoms with Crippen LogP contribution in [0.15, 0.2) is 29.3 Å². The molecule has 2 aliphatic carbocycles. The van der Waals surface area contributed by atoms with Crippen LogP contribution in [0.2, 0.25) is 0 Å². The van der Waals surface area contributed by atoms with E-state index in [0.717, 1.165) is 24.6 Å². The predicted molar refractivity (Wildman–Crippen MR) is 87.7 cm³/mol. The molecule has 3 atom stereocenters. The molecule has 23 heavy (non-hydrogen) atoms. The summed E-state index contributed by atoms with van der Waals surface area (Å²) < 4.78 is 18.9. The summed E-state index contributed by atoms with van der Waals surface area (Å²) in [6.07, 6.45) is 5.46. The van der Waals surface area contributed by atoms with E-state index in [4.69, 9.17) is 4.74 Å². The van der Waals surface area contributed by atoms with Gasteiger partial charge in [0.1, 0.15) is 5.82 Å². The van der Waals surface area contributed by atoms with Crippen LogP contribution in [0.3, 0.4) is 0 Å². The molecule has 124 valence electrons. The average Bonchev–Trinajstić information content (AvgIpc) is 2.93. The van der Waals surface area contributed by atoms with Crippen molar-refractivity contribution in [1.29, 1.82) is 0 Å². The van der Waals surface area contributed by atoms with Gasteiger partial charge in [-0.1, -0.05) is 18.6 Å². The summed E-state index contributed by atoms with van der Waals surface area (Å²) in [7, 11) is 1.80. The first kappa shape index (κ1) is 14.9. The van der Waals surface area contributed by atoms with E-state index < -0.39 is 0 Å². The molecule has 2 N–H and O–H groups in total. The van der Waals surface area contributed by atoms with Crippen LogP contribution in [0, 0.1) is 17.2 Å². The molecule has 1 aromatic rings. The van der Waals surface area contributed by atoms with Gasteiger partial charge in [-0.15, -0.1) is 0 Å². The van der Waals surface area contributed by atoms with E-state index in [1.807, 2.05) is 0 Å². The van der Waals surface area contributed by atoms with Gasteiger partial charge in [-0.3, -0.25) is 4.99 Å². The number of nitrogens with zero attached hydrogens (tertiary/aromatic N) is 1. The zero-order valence-corrected chi connectivity index (χ0v) is 13.5. The standard InChI is InChI=1S/C18H24FN3O/c1-20-17(21-11-12-3-5-13(19)6-4-12)22-15-14-7-10-23-16(14)18(15)8-2-9-18/h3-6,14-16H,2,7-11H2,1H3,(H2,20,21,22). The molecule has 1 aromatic carbocycles. The highest BCUT2D eigenvalue weighted by Crippen LogP contribution is 2.62. The second-order valence-electron chi connectivity index (χ2n) is 7.00. The Bertz CT molecular complexity index is 597. The topological polar surface area (TPSA) is 45.7 Å². The molecule has 1 heterocycles.